The third kappa shape index (κ3) is 3.05. The van der Waals surface area contributed by atoms with Crippen LogP contribution in [-0.2, 0) is 11.3 Å². The summed E-state index contributed by atoms with van der Waals surface area (Å²) in [6, 6.07) is 5.54. The van der Waals surface area contributed by atoms with Gasteiger partial charge < -0.3 is 9.80 Å². The fraction of sp³-hybridized carbons (Fsp3) is 0.421. The lowest BCUT2D eigenvalue weighted by Crippen LogP contribution is -2.49. The van der Waals surface area contributed by atoms with Gasteiger partial charge in [-0.25, -0.2) is 0 Å². The van der Waals surface area contributed by atoms with Gasteiger partial charge in [-0.2, -0.15) is 10.2 Å². The number of likely N-dealkylation sites (tertiary alicyclic amines) is 2. The van der Waals surface area contributed by atoms with Crippen LogP contribution in [-0.4, -0.2) is 56.4 Å². The SMILES string of the molecule is O=C(c1ccnnc1)N1CCC[C@@]2(CCN(Cc3cccnc3)C2=O)C1. The van der Waals surface area contributed by atoms with Crippen LogP contribution < -0.4 is 0 Å². The number of hydrogen-bond acceptors (Lipinski definition) is 5. The minimum absolute atomic E-state index is 0.0718. The van der Waals surface area contributed by atoms with Gasteiger partial charge >= 0.3 is 0 Å². The summed E-state index contributed by atoms with van der Waals surface area (Å²) >= 11 is 0. The Kier molecular flexibility index (Phi) is 4.36. The van der Waals surface area contributed by atoms with Crippen molar-refractivity contribution in [3.05, 3.63) is 54.1 Å². The zero-order valence-corrected chi connectivity index (χ0v) is 14.5. The normalized spacial score (nSPS) is 22.8. The molecule has 0 aliphatic carbocycles. The maximum Gasteiger partial charge on any atom is 0.255 e. The summed E-state index contributed by atoms with van der Waals surface area (Å²) in [5.74, 6) is 0.0872. The highest BCUT2D eigenvalue weighted by Crippen LogP contribution is 2.40. The lowest BCUT2D eigenvalue weighted by atomic mass is 9.78. The molecule has 7 heteroatoms. The van der Waals surface area contributed by atoms with E-state index in [0.717, 1.165) is 31.4 Å². The van der Waals surface area contributed by atoms with Crippen molar-refractivity contribution in [1.29, 1.82) is 0 Å². The lowest BCUT2D eigenvalue weighted by molar-refractivity contribution is -0.138. The summed E-state index contributed by atoms with van der Waals surface area (Å²) < 4.78 is 0. The maximum absolute atomic E-state index is 13.1. The van der Waals surface area contributed by atoms with E-state index in [1.165, 1.54) is 12.4 Å². The minimum Gasteiger partial charge on any atom is -0.338 e. The van der Waals surface area contributed by atoms with Crippen LogP contribution in [0.3, 0.4) is 0 Å². The van der Waals surface area contributed by atoms with Crippen LogP contribution in [0, 0.1) is 5.41 Å². The average Bonchev–Trinajstić information content (AvgIpc) is 2.98. The number of amides is 2. The first-order chi connectivity index (χ1) is 12.7. The summed E-state index contributed by atoms with van der Waals surface area (Å²) in [5.41, 5.74) is 1.11. The van der Waals surface area contributed by atoms with E-state index in [9.17, 15) is 9.59 Å². The fourth-order valence-electron chi connectivity index (χ4n) is 4.04. The van der Waals surface area contributed by atoms with E-state index in [2.05, 4.69) is 15.2 Å². The topological polar surface area (TPSA) is 79.3 Å². The van der Waals surface area contributed by atoms with Gasteiger partial charge in [0.25, 0.3) is 5.91 Å². The van der Waals surface area contributed by atoms with Gasteiger partial charge in [0.1, 0.15) is 0 Å². The van der Waals surface area contributed by atoms with Gasteiger partial charge in [-0.15, -0.1) is 0 Å². The van der Waals surface area contributed by atoms with Crippen molar-refractivity contribution < 1.29 is 9.59 Å². The summed E-state index contributed by atoms with van der Waals surface area (Å²) in [6.45, 7) is 2.47. The molecule has 2 aliphatic rings. The number of carbonyl (C=O) groups is 2. The van der Waals surface area contributed by atoms with Gasteiger partial charge in [0.2, 0.25) is 5.91 Å². The molecule has 7 nitrogen and oxygen atoms in total. The van der Waals surface area contributed by atoms with Gasteiger partial charge in [-0.05, 0) is 37.0 Å². The molecule has 26 heavy (non-hydrogen) atoms. The molecule has 2 fully saturated rings. The third-order valence-electron chi connectivity index (χ3n) is 5.39. The minimum atomic E-state index is -0.448. The Balaban J connectivity index is 1.48. The molecule has 2 amide bonds. The van der Waals surface area contributed by atoms with Crippen LogP contribution in [0.1, 0.15) is 35.2 Å². The molecular weight excluding hydrogens is 330 g/mol. The zero-order chi connectivity index (χ0) is 18.0. The molecule has 4 rings (SSSR count). The van der Waals surface area contributed by atoms with Crippen molar-refractivity contribution in [2.75, 3.05) is 19.6 Å². The third-order valence-corrected chi connectivity index (χ3v) is 5.39. The molecule has 134 valence electrons. The Labute approximate surface area is 152 Å². The monoisotopic (exact) mass is 351 g/mol. The van der Waals surface area contributed by atoms with Crippen LogP contribution in [0.2, 0.25) is 0 Å². The Bertz CT molecular complexity index is 798. The molecule has 2 aliphatic heterocycles. The number of carbonyl (C=O) groups excluding carboxylic acids is 2. The van der Waals surface area contributed by atoms with E-state index in [-0.39, 0.29) is 11.8 Å². The molecule has 0 radical (unpaired) electrons. The van der Waals surface area contributed by atoms with Crippen molar-refractivity contribution in [3.63, 3.8) is 0 Å². The molecule has 2 aromatic heterocycles. The van der Waals surface area contributed by atoms with E-state index in [1.807, 2.05) is 17.0 Å². The average molecular weight is 351 g/mol. The van der Waals surface area contributed by atoms with Crippen LogP contribution >= 0.6 is 0 Å². The van der Waals surface area contributed by atoms with Crippen LogP contribution in [0.4, 0.5) is 0 Å². The summed E-state index contributed by atoms with van der Waals surface area (Å²) in [7, 11) is 0. The summed E-state index contributed by atoms with van der Waals surface area (Å²) in [5, 5.41) is 7.50. The first kappa shape index (κ1) is 16.6. The molecule has 1 atom stereocenters. The molecule has 1 spiro atoms. The molecular formula is C19H21N5O2. The van der Waals surface area contributed by atoms with Crippen LogP contribution in [0.25, 0.3) is 0 Å². The summed E-state index contributed by atoms with van der Waals surface area (Å²) in [6.07, 6.45) is 9.01. The highest BCUT2D eigenvalue weighted by molar-refractivity contribution is 5.94. The second kappa shape index (κ2) is 6.82. The molecule has 0 bridgehead atoms. The number of pyridine rings is 1. The second-order valence-electron chi connectivity index (χ2n) is 7.08. The van der Waals surface area contributed by atoms with E-state index in [4.69, 9.17) is 0 Å². The van der Waals surface area contributed by atoms with E-state index >= 15 is 0 Å². The van der Waals surface area contributed by atoms with Crippen molar-refractivity contribution in [2.45, 2.75) is 25.8 Å². The van der Waals surface area contributed by atoms with E-state index in [0.29, 0.717) is 25.2 Å². The van der Waals surface area contributed by atoms with Crippen molar-refractivity contribution >= 4 is 11.8 Å². The quantitative estimate of drug-likeness (QED) is 0.838. The van der Waals surface area contributed by atoms with E-state index < -0.39 is 5.41 Å². The number of nitrogens with zero attached hydrogens (tertiary/aromatic N) is 5. The van der Waals surface area contributed by atoms with Crippen molar-refractivity contribution in [3.8, 4) is 0 Å². The maximum atomic E-state index is 13.1. The van der Waals surface area contributed by atoms with Gasteiger partial charge in [-0.1, -0.05) is 6.07 Å². The number of aromatic nitrogens is 3. The molecule has 2 aromatic rings. The molecule has 0 N–H and O–H groups in total. The highest BCUT2D eigenvalue weighted by Gasteiger charge is 2.49. The van der Waals surface area contributed by atoms with Gasteiger partial charge in [0.05, 0.1) is 23.4 Å². The first-order valence-corrected chi connectivity index (χ1v) is 8.92. The van der Waals surface area contributed by atoms with Gasteiger partial charge in [0.15, 0.2) is 0 Å². The Hall–Kier alpha value is -2.83. The lowest BCUT2D eigenvalue weighted by Gasteiger charge is -2.39. The van der Waals surface area contributed by atoms with Gasteiger partial charge in [0, 0.05) is 38.6 Å². The first-order valence-electron chi connectivity index (χ1n) is 8.92. The van der Waals surface area contributed by atoms with Crippen LogP contribution in [0.15, 0.2) is 43.0 Å². The van der Waals surface area contributed by atoms with E-state index in [1.54, 1.807) is 23.4 Å². The Morgan fingerprint density at radius 2 is 2.04 bits per heavy atom. The smallest absolute Gasteiger partial charge is 0.255 e. The van der Waals surface area contributed by atoms with Gasteiger partial charge in [-0.3, -0.25) is 14.6 Å². The van der Waals surface area contributed by atoms with Crippen LogP contribution in [0.5, 0.6) is 0 Å². The number of hydrogen-bond donors (Lipinski definition) is 0. The predicted octanol–water partition coefficient (Wildman–Crippen LogP) is 1.53. The molecule has 0 unspecified atom stereocenters. The second-order valence-corrected chi connectivity index (χ2v) is 7.08. The molecule has 0 aromatic carbocycles. The largest absolute Gasteiger partial charge is 0.338 e. The Morgan fingerprint density at radius 1 is 1.12 bits per heavy atom. The summed E-state index contributed by atoms with van der Waals surface area (Å²) in [4.78, 5) is 33.7. The zero-order valence-electron chi connectivity index (χ0n) is 14.5. The molecule has 4 heterocycles. The highest BCUT2D eigenvalue weighted by atomic mass is 16.2. The van der Waals surface area contributed by atoms with Crippen molar-refractivity contribution in [1.82, 2.24) is 25.0 Å². The number of rotatable bonds is 3. The fourth-order valence-corrected chi connectivity index (χ4v) is 4.04. The standard InChI is InChI=1S/C19H21N5O2/c25-17(16-4-8-21-22-12-16)24-9-2-5-19(14-24)6-10-23(18(19)26)13-15-3-1-7-20-11-15/h1,3-4,7-8,11-12H,2,5-6,9-10,13-14H2/t19-/m1/s1. The molecule has 0 saturated carbocycles. The van der Waals surface area contributed by atoms with Crippen molar-refractivity contribution in [2.24, 2.45) is 5.41 Å². The predicted molar refractivity (Wildman–Crippen MR) is 93.9 cm³/mol. The molecule has 2 saturated heterocycles. The number of piperidine rings is 1. The Morgan fingerprint density at radius 3 is 2.81 bits per heavy atom.